The van der Waals surface area contributed by atoms with Crippen LogP contribution in [0.5, 0.6) is 0 Å². The van der Waals surface area contributed by atoms with Crippen molar-refractivity contribution >= 4 is 11.7 Å². The van der Waals surface area contributed by atoms with Gasteiger partial charge in [0, 0.05) is 13.5 Å². The Morgan fingerprint density at radius 3 is 2.67 bits per heavy atom. The second-order valence-corrected chi connectivity index (χ2v) is 3.56. The predicted octanol–water partition coefficient (Wildman–Crippen LogP) is 1.50. The van der Waals surface area contributed by atoms with Gasteiger partial charge in [0.15, 0.2) is 0 Å². The highest BCUT2D eigenvalue weighted by Crippen LogP contribution is 2.28. The molecule has 0 unspecified atom stereocenters. The minimum atomic E-state index is -0.930. The minimum Gasteiger partial charge on any atom is -0.477 e. The third-order valence-corrected chi connectivity index (χ3v) is 2.55. The quantitative estimate of drug-likeness (QED) is 0.794. The molecule has 1 atom stereocenters. The Balaban J connectivity index is 2.20. The van der Waals surface area contributed by atoms with Gasteiger partial charge in [-0.1, -0.05) is 30.3 Å². The number of rotatable bonds is 2. The Morgan fingerprint density at radius 1 is 1.47 bits per heavy atom. The molecule has 2 rings (SSSR count). The number of nitrogens with zero attached hydrogens (tertiary/aromatic N) is 2. The molecular weight excluding hydrogens is 192 g/mol. The molecule has 0 aliphatic carbocycles. The van der Waals surface area contributed by atoms with Gasteiger partial charge >= 0.3 is 5.97 Å². The highest BCUT2D eigenvalue weighted by molar-refractivity contribution is 6.36. The first-order valence-electron chi connectivity index (χ1n) is 4.77. The lowest BCUT2D eigenvalue weighted by atomic mass is 10.0. The molecule has 0 amide bonds. The molecule has 1 N–H and O–H groups in total. The number of aliphatic carboxylic acids is 1. The van der Waals surface area contributed by atoms with E-state index in [1.54, 1.807) is 12.1 Å². The highest BCUT2D eigenvalue weighted by Gasteiger charge is 2.28. The summed E-state index contributed by atoms with van der Waals surface area (Å²) < 4.78 is 0. The maximum Gasteiger partial charge on any atom is 0.352 e. The fourth-order valence-electron chi connectivity index (χ4n) is 1.76. The van der Waals surface area contributed by atoms with E-state index in [9.17, 15) is 4.79 Å². The summed E-state index contributed by atoms with van der Waals surface area (Å²) in [4.78, 5) is 10.8. The number of benzene rings is 1. The summed E-state index contributed by atoms with van der Waals surface area (Å²) in [7, 11) is 1.80. The van der Waals surface area contributed by atoms with E-state index in [1.807, 2.05) is 30.3 Å². The van der Waals surface area contributed by atoms with Gasteiger partial charge in [0.05, 0.1) is 6.04 Å². The molecule has 1 aliphatic heterocycles. The molecule has 0 aromatic heterocycles. The number of hydrogen-bond acceptors (Lipinski definition) is 3. The normalized spacial score (nSPS) is 20.2. The van der Waals surface area contributed by atoms with Crippen molar-refractivity contribution in [3.05, 3.63) is 35.9 Å². The van der Waals surface area contributed by atoms with Crippen molar-refractivity contribution in [3.8, 4) is 0 Å². The largest absolute Gasteiger partial charge is 0.477 e. The van der Waals surface area contributed by atoms with E-state index in [0.717, 1.165) is 5.56 Å². The van der Waals surface area contributed by atoms with Crippen molar-refractivity contribution < 1.29 is 9.90 Å². The Labute approximate surface area is 87.8 Å². The summed E-state index contributed by atoms with van der Waals surface area (Å²) >= 11 is 0. The smallest absolute Gasteiger partial charge is 0.352 e. The molecule has 0 radical (unpaired) electrons. The fraction of sp³-hybridized carbons (Fsp3) is 0.273. The van der Waals surface area contributed by atoms with Gasteiger partial charge in [0.2, 0.25) is 0 Å². The van der Waals surface area contributed by atoms with Crippen LogP contribution in [0.1, 0.15) is 18.0 Å². The van der Waals surface area contributed by atoms with Gasteiger partial charge in [-0.3, -0.25) is 5.01 Å². The minimum absolute atomic E-state index is 0.0531. The van der Waals surface area contributed by atoms with Gasteiger partial charge < -0.3 is 5.11 Å². The van der Waals surface area contributed by atoms with E-state index < -0.39 is 5.97 Å². The van der Waals surface area contributed by atoms with Crippen molar-refractivity contribution in [2.75, 3.05) is 7.05 Å². The van der Waals surface area contributed by atoms with E-state index >= 15 is 0 Å². The van der Waals surface area contributed by atoms with Crippen molar-refractivity contribution in [2.45, 2.75) is 12.5 Å². The molecular formula is C11H12N2O2. The summed E-state index contributed by atoms with van der Waals surface area (Å²) in [5.41, 5.74) is 1.33. The first-order valence-corrected chi connectivity index (χ1v) is 4.77. The highest BCUT2D eigenvalue weighted by atomic mass is 16.4. The topological polar surface area (TPSA) is 52.9 Å². The van der Waals surface area contributed by atoms with Crippen molar-refractivity contribution in [1.29, 1.82) is 0 Å². The molecule has 4 nitrogen and oxygen atoms in total. The number of hydrogen-bond donors (Lipinski definition) is 1. The van der Waals surface area contributed by atoms with Crippen LogP contribution in [0, 0.1) is 0 Å². The van der Waals surface area contributed by atoms with E-state index in [2.05, 4.69) is 5.10 Å². The summed E-state index contributed by atoms with van der Waals surface area (Å²) in [5, 5.41) is 14.5. The lowest BCUT2D eigenvalue weighted by molar-refractivity contribution is -0.129. The van der Waals surface area contributed by atoms with Crippen LogP contribution in [-0.2, 0) is 4.79 Å². The number of carboxylic acid groups (broad SMARTS) is 1. The molecule has 78 valence electrons. The van der Waals surface area contributed by atoms with Gasteiger partial charge in [-0.05, 0) is 5.56 Å². The van der Waals surface area contributed by atoms with Gasteiger partial charge in [-0.2, -0.15) is 5.10 Å². The molecule has 1 aromatic carbocycles. The average Bonchev–Trinajstić information content (AvgIpc) is 2.62. The van der Waals surface area contributed by atoms with Crippen molar-refractivity contribution in [3.63, 3.8) is 0 Å². The van der Waals surface area contributed by atoms with Gasteiger partial charge in [-0.25, -0.2) is 4.79 Å². The third kappa shape index (κ3) is 1.83. The van der Waals surface area contributed by atoms with Crippen LogP contribution in [0.3, 0.4) is 0 Å². The lowest BCUT2D eigenvalue weighted by Crippen LogP contribution is -2.14. The van der Waals surface area contributed by atoms with Crippen LogP contribution in [-0.4, -0.2) is 28.8 Å². The monoisotopic (exact) mass is 204 g/mol. The molecule has 0 bridgehead atoms. The second-order valence-electron chi connectivity index (χ2n) is 3.56. The van der Waals surface area contributed by atoms with Crippen LogP contribution in [0.2, 0.25) is 0 Å². The second kappa shape index (κ2) is 3.73. The molecule has 4 heteroatoms. The maximum absolute atomic E-state index is 10.8. The zero-order valence-electron chi connectivity index (χ0n) is 8.42. The standard InChI is InChI=1S/C11H12N2O2/c1-13-10(7-9(12-13)11(14)15)8-5-3-2-4-6-8/h2-6,10H,7H2,1H3,(H,14,15)/t10-/m0/s1. The Bertz CT molecular complexity index is 400. The fourth-order valence-corrected chi connectivity index (χ4v) is 1.76. The SMILES string of the molecule is CN1N=C(C(=O)O)C[C@H]1c1ccccc1. The van der Waals surface area contributed by atoms with Crippen LogP contribution in [0.15, 0.2) is 35.4 Å². The van der Waals surface area contributed by atoms with Crippen LogP contribution >= 0.6 is 0 Å². The predicted molar refractivity (Wildman–Crippen MR) is 56.6 cm³/mol. The summed E-state index contributed by atoms with van der Waals surface area (Å²) in [6.07, 6.45) is 0.468. The zero-order valence-corrected chi connectivity index (χ0v) is 8.42. The van der Waals surface area contributed by atoms with Crippen LogP contribution < -0.4 is 0 Å². The molecule has 0 fully saturated rings. The van der Waals surface area contributed by atoms with Gasteiger partial charge in [0.1, 0.15) is 5.71 Å². The average molecular weight is 204 g/mol. The van der Waals surface area contributed by atoms with Crippen molar-refractivity contribution in [1.82, 2.24) is 5.01 Å². The van der Waals surface area contributed by atoms with Gasteiger partial charge in [0.25, 0.3) is 0 Å². The summed E-state index contributed by atoms with van der Waals surface area (Å²) in [6.45, 7) is 0. The van der Waals surface area contributed by atoms with Crippen LogP contribution in [0.25, 0.3) is 0 Å². The summed E-state index contributed by atoms with van der Waals surface area (Å²) in [6, 6.07) is 9.86. The molecule has 15 heavy (non-hydrogen) atoms. The lowest BCUT2D eigenvalue weighted by Gasteiger charge is -2.18. The van der Waals surface area contributed by atoms with E-state index in [4.69, 9.17) is 5.11 Å². The molecule has 0 saturated carbocycles. The number of hydrazone groups is 1. The molecule has 0 spiro atoms. The summed E-state index contributed by atoms with van der Waals surface area (Å²) in [5.74, 6) is -0.930. The molecule has 1 heterocycles. The zero-order chi connectivity index (χ0) is 10.8. The molecule has 1 aliphatic rings. The number of carbonyl (C=O) groups is 1. The Morgan fingerprint density at radius 2 is 2.13 bits per heavy atom. The molecule has 1 aromatic rings. The number of carboxylic acids is 1. The molecule has 0 saturated heterocycles. The maximum atomic E-state index is 10.8. The van der Waals surface area contributed by atoms with Crippen molar-refractivity contribution in [2.24, 2.45) is 5.10 Å². The van der Waals surface area contributed by atoms with E-state index in [0.29, 0.717) is 6.42 Å². The van der Waals surface area contributed by atoms with E-state index in [-0.39, 0.29) is 11.8 Å². The van der Waals surface area contributed by atoms with Gasteiger partial charge in [-0.15, -0.1) is 0 Å². The first-order chi connectivity index (χ1) is 7.18. The first kappa shape index (κ1) is 9.71. The van der Waals surface area contributed by atoms with Crippen LogP contribution in [0.4, 0.5) is 0 Å². The third-order valence-electron chi connectivity index (χ3n) is 2.55. The van der Waals surface area contributed by atoms with E-state index in [1.165, 1.54) is 0 Å². The Hall–Kier alpha value is -1.84. The Kier molecular flexibility index (Phi) is 2.41.